The van der Waals surface area contributed by atoms with E-state index in [0.29, 0.717) is 0 Å². The molecule has 1 aromatic rings. The number of hydrogen-bond donors (Lipinski definition) is 5. The summed E-state index contributed by atoms with van der Waals surface area (Å²) in [7, 11) is 0. The SMILES string of the molecule is NC(N)=NC(N)=Nc1ccc(C(=O)O)cc1C(=O)O. The molecule has 0 fully saturated rings. The van der Waals surface area contributed by atoms with E-state index in [9.17, 15) is 9.59 Å². The Bertz CT molecular complexity index is 590. The summed E-state index contributed by atoms with van der Waals surface area (Å²) >= 11 is 0. The fourth-order valence-corrected chi connectivity index (χ4v) is 1.22. The summed E-state index contributed by atoms with van der Waals surface area (Å²) < 4.78 is 0. The highest BCUT2D eigenvalue weighted by atomic mass is 16.4. The van der Waals surface area contributed by atoms with Crippen LogP contribution in [0.2, 0.25) is 0 Å². The fraction of sp³-hybridized carbons (Fsp3) is 0. The smallest absolute Gasteiger partial charge is 0.337 e. The Kier molecular flexibility index (Phi) is 4.03. The molecule has 0 aliphatic carbocycles. The number of rotatable bonds is 3. The van der Waals surface area contributed by atoms with Crippen molar-refractivity contribution in [1.82, 2.24) is 0 Å². The molecule has 8 N–H and O–H groups in total. The van der Waals surface area contributed by atoms with E-state index in [1.165, 1.54) is 12.1 Å². The lowest BCUT2D eigenvalue weighted by molar-refractivity contribution is 0.0696. The van der Waals surface area contributed by atoms with Crippen molar-refractivity contribution in [2.45, 2.75) is 0 Å². The quantitative estimate of drug-likeness (QED) is 0.354. The van der Waals surface area contributed by atoms with E-state index in [1.807, 2.05) is 0 Å². The van der Waals surface area contributed by atoms with Gasteiger partial charge in [0.25, 0.3) is 0 Å². The molecule has 9 heteroatoms. The third-order valence-corrected chi connectivity index (χ3v) is 1.95. The molecule has 0 aromatic heterocycles. The normalized spacial score (nSPS) is 10.8. The fourth-order valence-electron chi connectivity index (χ4n) is 1.22. The lowest BCUT2D eigenvalue weighted by atomic mass is 10.1. The van der Waals surface area contributed by atoms with Crippen LogP contribution < -0.4 is 17.2 Å². The largest absolute Gasteiger partial charge is 0.478 e. The highest BCUT2D eigenvalue weighted by Gasteiger charge is 2.13. The zero-order valence-corrected chi connectivity index (χ0v) is 9.57. The molecule has 100 valence electrons. The van der Waals surface area contributed by atoms with Crippen molar-refractivity contribution in [3.63, 3.8) is 0 Å². The number of nitrogens with zero attached hydrogens (tertiary/aromatic N) is 2. The van der Waals surface area contributed by atoms with Crippen molar-refractivity contribution in [3.05, 3.63) is 29.3 Å². The van der Waals surface area contributed by atoms with Crippen LogP contribution in [0.25, 0.3) is 0 Å². The standard InChI is InChI=1S/C10H11N5O4/c11-9(12)15-10(13)14-6-2-1-4(7(16)17)3-5(6)8(18)19/h1-3H,(H,16,17)(H,18,19)(H6,11,12,13,14,15). The minimum Gasteiger partial charge on any atom is -0.478 e. The monoisotopic (exact) mass is 265 g/mol. The van der Waals surface area contributed by atoms with Gasteiger partial charge in [-0.3, -0.25) is 0 Å². The van der Waals surface area contributed by atoms with Gasteiger partial charge in [0.05, 0.1) is 16.8 Å². The van der Waals surface area contributed by atoms with Crippen LogP contribution in [0, 0.1) is 0 Å². The number of carboxylic acids is 2. The minimum atomic E-state index is -1.35. The van der Waals surface area contributed by atoms with Crippen LogP contribution in [0.15, 0.2) is 28.2 Å². The van der Waals surface area contributed by atoms with Gasteiger partial charge in [0.15, 0.2) is 5.96 Å². The number of guanidine groups is 2. The molecule has 0 radical (unpaired) electrons. The van der Waals surface area contributed by atoms with Crippen LogP contribution in [0.1, 0.15) is 20.7 Å². The molecule has 0 saturated carbocycles. The lowest BCUT2D eigenvalue weighted by Crippen LogP contribution is -2.26. The predicted octanol–water partition coefficient (Wildman–Crippen LogP) is -0.697. The number of aliphatic imine (C=N–C) groups is 2. The molecule has 0 amide bonds. The van der Waals surface area contributed by atoms with Crippen molar-refractivity contribution < 1.29 is 19.8 Å². The Morgan fingerprint density at radius 2 is 1.68 bits per heavy atom. The molecule has 0 heterocycles. The first-order valence-corrected chi connectivity index (χ1v) is 4.85. The van der Waals surface area contributed by atoms with Gasteiger partial charge in [-0.1, -0.05) is 0 Å². The van der Waals surface area contributed by atoms with Gasteiger partial charge in [-0.25, -0.2) is 14.6 Å². The first-order valence-electron chi connectivity index (χ1n) is 4.85. The molecule has 0 spiro atoms. The van der Waals surface area contributed by atoms with E-state index in [2.05, 4.69) is 9.98 Å². The predicted molar refractivity (Wildman–Crippen MR) is 67.5 cm³/mol. The van der Waals surface area contributed by atoms with Crippen molar-refractivity contribution >= 4 is 29.5 Å². The molecule has 0 aliphatic heterocycles. The second-order valence-electron chi connectivity index (χ2n) is 3.35. The highest BCUT2D eigenvalue weighted by molar-refractivity contribution is 6.00. The summed E-state index contributed by atoms with van der Waals surface area (Å²) in [6, 6.07) is 3.35. The molecule has 9 nitrogen and oxygen atoms in total. The molecule has 1 aromatic carbocycles. The van der Waals surface area contributed by atoms with Gasteiger partial charge in [0.1, 0.15) is 0 Å². The van der Waals surface area contributed by atoms with E-state index in [0.717, 1.165) is 6.07 Å². The zero-order valence-electron chi connectivity index (χ0n) is 9.57. The van der Waals surface area contributed by atoms with Gasteiger partial charge in [0, 0.05) is 0 Å². The number of hydrogen-bond acceptors (Lipinski definition) is 3. The first kappa shape index (κ1) is 14.0. The molecule has 0 aliphatic rings. The van der Waals surface area contributed by atoms with Crippen LogP contribution in [-0.2, 0) is 0 Å². The molecule has 0 bridgehead atoms. The summed E-state index contributed by atoms with van der Waals surface area (Å²) in [6.07, 6.45) is 0. The average molecular weight is 265 g/mol. The van der Waals surface area contributed by atoms with Crippen LogP contribution in [0.4, 0.5) is 5.69 Å². The molecule has 19 heavy (non-hydrogen) atoms. The zero-order chi connectivity index (χ0) is 14.6. The summed E-state index contributed by atoms with van der Waals surface area (Å²) in [6.45, 7) is 0. The van der Waals surface area contributed by atoms with Gasteiger partial charge in [-0.05, 0) is 18.2 Å². The van der Waals surface area contributed by atoms with Crippen LogP contribution in [-0.4, -0.2) is 34.1 Å². The molecular formula is C10H11N5O4. The molecule has 1 rings (SSSR count). The summed E-state index contributed by atoms with van der Waals surface area (Å²) in [5.41, 5.74) is 15.0. The number of nitrogens with two attached hydrogens (primary N) is 3. The Morgan fingerprint density at radius 3 is 2.16 bits per heavy atom. The third-order valence-electron chi connectivity index (χ3n) is 1.95. The summed E-state index contributed by atoms with van der Waals surface area (Å²) in [5, 5.41) is 17.8. The molecule has 0 saturated heterocycles. The number of carbonyl (C=O) groups is 2. The molecule has 0 atom stereocenters. The van der Waals surface area contributed by atoms with Gasteiger partial charge in [-0.2, -0.15) is 4.99 Å². The van der Waals surface area contributed by atoms with Crippen molar-refractivity contribution in [2.24, 2.45) is 27.2 Å². The Balaban J connectivity index is 3.32. The third kappa shape index (κ3) is 3.70. The number of carboxylic acid groups (broad SMARTS) is 2. The highest BCUT2D eigenvalue weighted by Crippen LogP contribution is 2.21. The van der Waals surface area contributed by atoms with Crippen LogP contribution >= 0.6 is 0 Å². The van der Waals surface area contributed by atoms with Gasteiger partial charge in [0.2, 0.25) is 5.96 Å². The van der Waals surface area contributed by atoms with E-state index < -0.39 is 11.9 Å². The second-order valence-corrected chi connectivity index (χ2v) is 3.35. The van der Waals surface area contributed by atoms with Crippen molar-refractivity contribution in [1.29, 1.82) is 0 Å². The van der Waals surface area contributed by atoms with E-state index in [4.69, 9.17) is 27.4 Å². The van der Waals surface area contributed by atoms with Crippen LogP contribution in [0.3, 0.4) is 0 Å². The maximum Gasteiger partial charge on any atom is 0.337 e. The topological polar surface area (TPSA) is 177 Å². The Hall–Kier alpha value is -3.10. The maximum absolute atomic E-state index is 11.0. The lowest BCUT2D eigenvalue weighted by Gasteiger charge is -2.03. The maximum atomic E-state index is 11.0. The van der Waals surface area contributed by atoms with Gasteiger partial charge < -0.3 is 27.4 Å². The number of aromatic carboxylic acids is 2. The second kappa shape index (κ2) is 5.49. The summed E-state index contributed by atoms with van der Waals surface area (Å²) in [4.78, 5) is 28.9. The van der Waals surface area contributed by atoms with Crippen molar-refractivity contribution in [3.8, 4) is 0 Å². The molecule has 0 unspecified atom stereocenters. The first-order chi connectivity index (χ1) is 8.81. The van der Waals surface area contributed by atoms with Crippen molar-refractivity contribution in [2.75, 3.05) is 0 Å². The Labute approximate surface area is 107 Å². The average Bonchev–Trinajstić information content (AvgIpc) is 2.27. The van der Waals surface area contributed by atoms with E-state index >= 15 is 0 Å². The van der Waals surface area contributed by atoms with Crippen LogP contribution in [0.5, 0.6) is 0 Å². The van der Waals surface area contributed by atoms with Gasteiger partial charge in [-0.15, -0.1) is 0 Å². The van der Waals surface area contributed by atoms with E-state index in [1.54, 1.807) is 0 Å². The Morgan fingerprint density at radius 1 is 1.05 bits per heavy atom. The number of benzene rings is 1. The summed E-state index contributed by atoms with van der Waals surface area (Å²) in [5.74, 6) is -3.28. The minimum absolute atomic E-state index is 0.0556. The van der Waals surface area contributed by atoms with Gasteiger partial charge >= 0.3 is 11.9 Å². The molecular weight excluding hydrogens is 254 g/mol. The van der Waals surface area contributed by atoms with E-state index in [-0.39, 0.29) is 28.7 Å².